The summed E-state index contributed by atoms with van der Waals surface area (Å²) < 4.78 is 2.51. The highest BCUT2D eigenvalue weighted by Crippen LogP contribution is 2.31. The minimum Gasteiger partial charge on any atom is -0.234 e. The zero-order valence-electron chi connectivity index (χ0n) is 6.17. The molecule has 0 saturated carbocycles. The number of rotatable bonds is 2. The maximum absolute atomic E-state index is 4.36. The molecule has 0 amide bonds. The fraction of sp³-hybridized carbons (Fsp3) is 0.500. The molecule has 0 aromatic carbocycles. The third-order valence-corrected chi connectivity index (χ3v) is 4.45. The SMILES string of the molecule is CSc1nc(C)c(SC)s1. The molecule has 0 saturated heterocycles. The molecule has 0 N–H and O–H groups in total. The van der Waals surface area contributed by atoms with Gasteiger partial charge in [0.1, 0.15) is 0 Å². The average Bonchev–Trinajstić information content (AvgIpc) is 2.30. The number of thiazole rings is 1. The molecular weight excluding hydrogens is 182 g/mol. The Balaban J connectivity index is 2.92. The summed E-state index contributed by atoms with van der Waals surface area (Å²) in [6, 6.07) is 0. The number of hydrogen-bond acceptors (Lipinski definition) is 4. The van der Waals surface area contributed by atoms with E-state index in [1.165, 1.54) is 14.2 Å². The predicted molar refractivity (Wildman–Crippen MR) is 50.4 cm³/mol. The van der Waals surface area contributed by atoms with E-state index in [4.69, 9.17) is 0 Å². The van der Waals surface area contributed by atoms with Crippen LogP contribution in [0.25, 0.3) is 0 Å². The van der Waals surface area contributed by atoms with Gasteiger partial charge in [-0.25, -0.2) is 4.98 Å². The third kappa shape index (κ3) is 1.68. The first kappa shape index (κ1) is 8.43. The van der Waals surface area contributed by atoms with Crippen molar-refractivity contribution in [1.82, 2.24) is 4.98 Å². The third-order valence-electron chi connectivity index (χ3n) is 1.09. The zero-order valence-corrected chi connectivity index (χ0v) is 8.62. The molecule has 0 aliphatic heterocycles. The smallest absolute Gasteiger partial charge is 0.150 e. The van der Waals surface area contributed by atoms with Crippen molar-refractivity contribution in [2.75, 3.05) is 12.5 Å². The van der Waals surface area contributed by atoms with Gasteiger partial charge in [0.2, 0.25) is 0 Å². The van der Waals surface area contributed by atoms with Crippen molar-refractivity contribution in [3.8, 4) is 0 Å². The fourth-order valence-corrected chi connectivity index (χ4v) is 3.05. The fourth-order valence-electron chi connectivity index (χ4n) is 0.635. The van der Waals surface area contributed by atoms with Gasteiger partial charge in [0.05, 0.1) is 9.90 Å². The van der Waals surface area contributed by atoms with E-state index in [1.54, 1.807) is 34.9 Å². The lowest BCUT2D eigenvalue weighted by molar-refractivity contribution is 1.13. The van der Waals surface area contributed by atoms with E-state index >= 15 is 0 Å². The summed E-state index contributed by atoms with van der Waals surface area (Å²) in [7, 11) is 0. The summed E-state index contributed by atoms with van der Waals surface area (Å²) in [5.74, 6) is 0. The van der Waals surface area contributed by atoms with Crippen LogP contribution in [0, 0.1) is 6.92 Å². The molecule has 0 aliphatic carbocycles. The number of aryl methyl sites for hydroxylation is 1. The van der Waals surface area contributed by atoms with E-state index in [9.17, 15) is 0 Å². The summed E-state index contributed by atoms with van der Waals surface area (Å²) in [4.78, 5) is 4.36. The van der Waals surface area contributed by atoms with Gasteiger partial charge in [0.25, 0.3) is 0 Å². The number of hydrogen-bond donors (Lipinski definition) is 0. The highest BCUT2D eigenvalue weighted by Gasteiger charge is 2.03. The monoisotopic (exact) mass is 191 g/mol. The molecule has 1 rings (SSSR count). The van der Waals surface area contributed by atoms with Crippen molar-refractivity contribution in [3.63, 3.8) is 0 Å². The van der Waals surface area contributed by atoms with Gasteiger partial charge in [-0.1, -0.05) is 11.8 Å². The summed E-state index contributed by atoms with van der Waals surface area (Å²) in [5, 5.41) is 0. The number of nitrogens with zero attached hydrogens (tertiary/aromatic N) is 1. The quantitative estimate of drug-likeness (QED) is 0.667. The predicted octanol–water partition coefficient (Wildman–Crippen LogP) is 2.90. The van der Waals surface area contributed by atoms with Crippen LogP contribution in [0.15, 0.2) is 8.55 Å². The van der Waals surface area contributed by atoms with E-state index in [2.05, 4.69) is 24.4 Å². The van der Waals surface area contributed by atoms with Crippen LogP contribution in [0.2, 0.25) is 0 Å². The topological polar surface area (TPSA) is 12.9 Å². The van der Waals surface area contributed by atoms with Crippen LogP contribution >= 0.6 is 34.9 Å². The Kier molecular flexibility index (Phi) is 3.07. The first-order valence-corrected chi connectivity index (χ1v) is 6.10. The summed E-state index contributed by atoms with van der Waals surface area (Å²) in [6.45, 7) is 2.06. The van der Waals surface area contributed by atoms with E-state index < -0.39 is 0 Å². The minimum atomic E-state index is 1.17. The molecule has 1 aromatic rings. The lowest BCUT2D eigenvalue weighted by atomic mass is 10.6. The highest BCUT2D eigenvalue weighted by molar-refractivity contribution is 8.02. The zero-order chi connectivity index (χ0) is 7.56. The lowest BCUT2D eigenvalue weighted by Gasteiger charge is -1.85. The molecule has 0 bridgehead atoms. The summed E-state index contributed by atoms with van der Waals surface area (Å²) >= 11 is 5.26. The molecule has 0 fully saturated rings. The Morgan fingerprint density at radius 1 is 1.30 bits per heavy atom. The van der Waals surface area contributed by atoms with Crippen molar-refractivity contribution in [2.24, 2.45) is 0 Å². The highest BCUT2D eigenvalue weighted by atomic mass is 32.2. The second kappa shape index (κ2) is 3.64. The molecule has 0 radical (unpaired) electrons. The van der Waals surface area contributed by atoms with Crippen LogP contribution < -0.4 is 0 Å². The van der Waals surface area contributed by atoms with Gasteiger partial charge in [-0.2, -0.15) is 0 Å². The standard InChI is InChI=1S/C6H9NS3/c1-4-5(8-2)10-6(7-4)9-3/h1-3H3. The molecule has 4 heteroatoms. The minimum absolute atomic E-state index is 1.17. The Labute approximate surface area is 73.6 Å². The molecule has 0 unspecified atom stereocenters. The number of thioether (sulfide) groups is 2. The lowest BCUT2D eigenvalue weighted by Crippen LogP contribution is -1.70. The second-order valence-electron chi connectivity index (χ2n) is 1.76. The molecule has 1 aromatic heterocycles. The van der Waals surface area contributed by atoms with Crippen LogP contribution in [-0.4, -0.2) is 17.5 Å². The van der Waals surface area contributed by atoms with Crippen molar-refractivity contribution >= 4 is 34.9 Å². The van der Waals surface area contributed by atoms with Crippen LogP contribution in [-0.2, 0) is 0 Å². The normalized spacial score (nSPS) is 10.3. The van der Waals surface area contributed by atoms with Crippen molar-refractivity contribution in [1.29, 1.82) is 0 Å². The molecule has 56 valence electrons. The Morgan fingerprint density at radius 3 is 2.30 bits per heavy atom. The van der Waals surface area contributed by atoms with Gasteiger partial charge in [0, 0.05) is 0 Å². The molecule has 0 aliphatic rings. The first-order valence-electron chi connectivity index (χ1n) is 2.83. The van der Waals surface area contributed by atoms with Gasteiger partial charge < -0.3 is 0 Å². The first-order chi connectivity index (χ1) is 4.77. The Hall–Kier alpha value is 0.330. The molecule has 0 atom stereocenters. The maximum Gasteiger partial charge on any atom is 0.150 e. The Bertz CT molecular complexity index is 219. The molecule has 0 spiro atoms. The summed E-state index contributed by atoms with van der Waals surface area (Å²) in [6.07, 6.45) is 4.15. The van der Waals surface area contributed by atoms with E-state index in [-0.39, 0.29) is 0 Å². The van der Waals surface area contributed by atoms with Gasteiger partial charge >= 0.3 is 0 Å². The van der Waals surface area contributed by atoms with Crippen LogP contribution in [0.5, 0.6) is 0 Å². The van der Waals surface area contributed by atoms with E-state index in [1.807, 2.05) is 0 Å². The average molecular weight is 191 g/mol. The van der Waals surface area contributed by atoms with Crippen LogP contribution in [0.1, 0.15) is 5.69 Å². The van der Waals surface area contributed by atoms with E-state index in [0.29, 0.717) is 0 Å². The van der Waals surface area contributed by atoms with Gasteiger partial charge in [0.15, 0.2) is 4.34 Å². The Morgan fingerprint density at radius 2 is 2.00 bits per heavy atom. The maximum atomic E-state index is 4.36. The molecule has 1 heterocycles. The van der Waals surface area contributed by atoms with Crippen molar-refractivity contribution in [2.45, 2.75) is 15.5 Å². The van der Waals surface area contributed by atoms with Crippen molar-refractivity contribution < 1.29 is 0 Å². The largest absolute Gasteiger partial charge is 0.234 e. The van der Waals surface area contributed by atoms with E-state index in [0.717, 1.165) is 0 Å². The second-order valence-corrected chi connectivity index (χ2v) is 4.89. The molecule has 10 heavy (non-hydrogen) atoms. The molecular formula is C6H9NS3. The van der Waals surface area contributed by atoms with Crippen LogP contribution in [0.4, 0.5) is 0 Å². The van der Waals surface area contributed by atoms with Gasteiger partial charge in [-0.3, -0.25) is 0 Å². The van der Waals surface area contributed by atoms with Crippen LogP contribution in [0.3, 0.4) is 0 Å². The van der Waals surface area contributed by atoms with Gasteiger partial charge in [-0.05, 0) is 19.4 Å². The van der Waals surface area contributed by atoms with Crippen molar-refractivity contribution in [3.05, 3.63) is 5.69 Å². The molecule has 1 nitrogen and oxygen atoms in total. The van der Waals surface area contributed by atoms with Gasteiger partial charge in [-0.15, -0.1) is 23.1 Å². The number of aromatic nitrogens is 1. The summed E-state index contributed by atoms with van der Waals surface area (Å²) in [5.41, 5.74) is 1.17.